The van der Waals surface area contributed by atoms with E-state index in [1.165, 1.54) is 33.5 Å². The number of nitrogens with one attached hydrogen (secondary N) is 1. The quantitative estimate of drug-likeness (QED) is 0.720. The van der Waals surface area contributed by atoms with Crippen LogP contribution in [0.2, 0.25) is 0 Å². The fourth-order valence-electron chi connectivity index (χ4n) is 1.84. The summed E-state index contributed by atoms with van der Waals surface area (Å²) >= 11 is 5.53. The van der Waals surface area contributed by atoms with Crippen molar-refractivity contribution in [1.29, 1.82) is 0 Å². The Morgan fingerprint density at radius 2 is 2.12 bits per heavy atom. The van der Waals surface area contributed by atoms with E-state index in [1.807, 2.05) is 11.3 Å². The van der Waals surface area contributed by atoms with E-state index in [0.29, 0.717) is 6.04 Å². The molecule has 0 aliphatic heterocycles. The van der Waals surface area contributed by atoms with Crippen LogP contribution in [-0.4, -0.2) is 6.54 Å². The van der Waals surface area contributed by atoms with E-state index < -0.39 is 0 Å². The van der Waals surface area contributed by atoms with Crippen molar-refractivity contribution in [2.24, 2.45) is 5.92 Å². The molecule has 0 aromatic carbocycles. The molecule has 0 bridgehead atoms. The molecule has 0 saturated carbocycles. The summed E-state index contributed by atoms with van der Waals surface area (Å²) in [5, 5.41) is 3.68. The van der Waals surface area contributed by atoms with Gasteiger partial charge in [-0.2, -0.15) is 0 Å². The molecule has 1 N–H and O–H groups in total. The van der Waals surface area contributed by atoms with E-state index in [0.717, 1.165) is 12.5 Å². The minimum absolute atomic E-state index is 0.528. The summed E-state index contributed by atoms with van der Waals surface area (Å²) in [6, 6.07) is 2.82. The van der Waals surface area contributed by atoms with Crippen LogP contribution in [0.3, 0.4) is 0 Å². The maximum Gasteiger partial charge on any atom is 0.0417 e. The molecule has 0 aliphatic rings. The molecular formula is C14H24BrNS. The van der Waals surface area contributed by atoms with Gasteiger partial charge in [-0.25, -0.2) is 0 Å². The van der Waals surface area contributed by atoms with Gasteiger partial charge in [0.2, 0.25) is 0 Å². The van der Waals surface area contributed by atoms with Crippen molar-refractivity contribution in [3.05, 3.63) is 20.3 Å². The second-order valence-corrected chi connectivity index (χ2v) is 6.95. The summed E-state index contributed by atoms with van der Waals surface area (Å²) in [5.74, 6) is 0.783. The van der Waals surface area contributed by atoms with Gasteiger partial charge in [-0.1, -0.05) is 27.2 Å². The second kappa shape index (κ2) is 7.55. The van der Waals surface area contributed by atoms with Crippen molar-refractivity contribution < 1.29 is 0 Å². The van der Waals surface area contributed by atoms with Gasteiger partial charge in [0.25, 0.3) is 0 Å². The Balaban J connectivity index is 2.74. The highest BCUT2D eigenvalue weighted by Crippen LogP contribution is 2.33. The van der Waals surface area contributed by atoms with Crippen molar-refractivity contribution in [2.75, 3.05) is 6.54 Å². The van der Waals surface area contributed by atoms with Crippen molar-refractivity contribution >= 4 is 27.3 Å². The lowest BCUT2D eigenvalue weighted by atomic mass is 9.98. The highest BCUT2D eigenvalue weighted by atomic mass is 79.9. The maximum atomic E-state index is 3.68. The van der Waals surface area contributed by atoms with Gasteiger partial charge in [0.05, 0.1) is 0 Å². The van der Waals surface area contributed by atoms with Gasteiger partial charge in [0, 0.05) is 20.3 Å². The van der Waals surface area contributed by atoms with Crippen LogP contribution >= 0.6 is 27.3 Å². The summed E-state index contributed by atoms with van der Waals surface area (Å²) in [6.07, 6.45) is 3.70. The molecule has 0 spiro atoms. The molecule has 0 amide bonds. The molecule has 98 valence electrons. The molecule has 0 saturated heterocycles. The van der Waals surface area contributed by atoms with Crippen molar-refractivity contribution in [3.8, 4) is 0 Å². The molecule has 0 radical (unpaired) electrons. The molecule has 2 atom stereocenters. The van der Waals surface area contributed by atoms with E-state index in [-0.39, 0.29) is 0 Å². The topological polar surface area (TPSA) is 12.0 Å². The molecule has 1 heterocycles. The van der Waals surface area contributed by atoms with Crippen LogP contribution < -0.4 is 5.32 Å². The Labute approximate surface area is 118 Å². The number of hydrogen-bond acceptors (Lipinski definition) is 2. The maximum absolute atomic E-state index is 3.68. The fourth-order valence-corrected chi connectivity index (χ4v) is 3.49. The van der Waals surface area contributed by atoms with Gasteiger partial charge < -0.3 is 5.32 Å². The summed E-state index contributed by atoms with van der Waals surface area (Å²) < 4.78 is 1.25. The van der Waals surface area contributed by atoms with Crippen molar-refractivity contribution in [3.63, 3.8) is 0 Å². The number of rotatable bonds is 7. The molecule has 3 heteroatoms. The predicted octanol–water partition coefficient (Wildman–Crippen LogP) is 5.30. The lowest BCUT2D eigenvalue weighted by Crippen LogP contribution is -2.23. The normalized spacial score (nSPS) is 14.9. The lowest BCUT2D eigenvalue weighted by Gasteiger charge is -2.20. The van der Waals surface area contributed by atoms with Gasteiger partial charge in [0.1, 0.15) is 0 Å². The van der Waals surface area contributed by atoms with Gasteiger partial charge in [-0.3, -0.25) is 0 Å². The van der Waals surface area contributed by atoms with Crippen LogP contribution in [0.5, 0.6) is 0 Å². The molecular weight excluding hydrogens is 294 g/mol. The SMILES string of the molecule is CCCNC(CC(C)CC)c1cc(Br)c(C)s1. The first-order valence-electron chi connectivity index (χ1n) is 6.57. The second-order valence-electron chi connectivity index (χ2n) is 4.81. The highest BCUT2D eigenvalue weighted by molar-refractivity contribution is 9.10. The Hall–Kier alpha value is 0.140. The molecule has 17 heavy (non-hydrogen) atoms. The summed E-state index contributed by atoms with van der Waals surface area (Å²) in [6.45, 7) is 10.1. The first-order valence-corrected chi connectivity index (χ1v) is 8.18. The fraction of sp³-hybridized carbons (Fsp3) is 0.714. The van der Waals surface area contributed by atoms with Crippen molar-refractivity contribution in [1.82, 2.24) is 5.32 Å². The van der Waals surface area contributed by atoms with Gasteiger partial charge in [-0.15, -0.1) is 11.3 Å². The van der Waals surface area contributed by atoms with Gasteiger partial charge in [0.15, 0.2) is 0 Å². The molecule has 1 nitrogen and oxygen atoms in total. The van der Waals surface area contributed by atoms with E-state index in [9.17, 15) is 0 Å². The summed E-state index contributed by atoms with van der Waals surface area (Å²) in [7, 11) is 0. The van der Waals surface area contributed by atoms with Crippen LogP contribution in [0.4, 0.5) is 0 Å². The minimum atomic E-state index is 0.528. The third-order valence-electron chi connectivity index (χ3n) is 3.20. The van der Waals surface area contributed by atoms with Gasteiger partial charge in [-0.05, 0) is 54.2 Å². The van der Waals surface area contributed by atoms with E-state index in [2.05, 4.69) is 55.0 Å². The molecule has 0 fully saturated rings. The zero-order valence-electron chi connectivity index (χ0n) is 11.3. The summed E-state index contributed by atoms with van der Waals surface area (Å²) in [4.78, 5) is 2.86. The predicted molar refractivity (Wildman–Crippen MR) is 81.9 cm³/mol. The van der Waals surface area contributed by atoms with Crippen molar-refractivity contribution in [2.45, 2.75) is 53.0 Å². The van der Waals surface area contributed by atoms with Gasteiger partial charge >= 0.3 is 0 Å². The van der Waals surface area contributed by atoms with E-state index in [1.54, 1.807) is 0 Å². The number of halogens is 1. The number of hydrogen-bond donors (Lipinski definition) is 1. The minimum Gasteiger partial charge on any atom is -0.309 e. The highest BCUT2D eigenvalue weighted by Gasteiger charge is 2.16. The monoisotopic (exact) mass is 317 g/mol. The van der Waals surface area contributed by atoms with Crippen LogP contribution in [0.25, 0.3) is 0 Å². The third kappa shape index (κ3) is 4.72. The smallest absolute Gasteiger partial charge is 0.0417 e. The Morgan fingerprint density at radius 3 is 2.59 bits per heavy atom. The number of aryl methyl sites for hydroxylation is 1. The first-order chi connectivity index (χ1) is 8.08. The average Bonchev–Trinajstić information content (AvgIpc) is 2.64. The Morgan fingerprint density at radius 1 is 1.41 bits per heavy atom. The average molecular weight is 318 g/mol. The Bertz CT molecular complexity index is 315. The van der Waals surface area contributed by atoms with E-state index in [4.69, 9.17) is 0 Å². The standard InChI is InChI=1S/C14H24BrNS/c1-5-7-16-13(8-10(3)6-2)14-9-12(15)11(4)17-14/h9-10,13,16H,5-8H2,1-4H3. The van der Waals surface area contributed by atoms with Crippen LogP contribution in [0.1, 0.15) is 55.8 Å². The van der Waals surface area contributed by atoms with Crippen LogP contribution in [0.15, 0.2) is 10.5 Å². The first kappa shape index (κ1) is 15.2. The lowest BCUT2D eigenvalue weighted by molar-refractivity contribution is 0.406. The molecule has 0 aliphatic carbocycles. The summed E-state index contributed by atoms with van der Waals surface area (Å²) in [5.41, 5.74) is 0. The molecule has 2 unspecified atom stereocenters. The zero-order valence-corrected chi connectivity index (χ0v) is 13.7. The molecule has 1 rings (SSSR count). The Kier molecular flexibility index (Phi) is 6.75. The molecule has 1 aromatic heterocycles. The zero-order chi connectivity index (χ0) is 12.8. The van der Waals surface area contributed by atoms with E-state index >= 15 is 0 Å². The third-order valence-corrected chi connectivity index (χ3v) is 5.45. The van der Waals surface area contributed by atoms with Crippen LogP contribution in [0, 0.1) is 12.8 Å². The molecule has 1 aromatic rings. The largest absolute Gasteiger partial charge is 0.309 e. The van der Waals surface area contributed by atoms with Crippen LogP contribution in [-0.2, 0) is 0 Å². The number of thiophene rings is 1.